The van der Waals surface area contributed by atoms with Crippen molar-refractivity contribution in [3.63, 3.8) is 0 Å². The summed E-state index contributed by atoms with van der Waals surface area (Å²) in [6.45, 7) is 7.64. The van der Waals surface area contributed by atoms with E-state index in [9.17, 15) is 0 Å². The van der Waals surface area contributed by atoms with Gasteiger partial charge >= 0.3 is 0 Å². The van der Waals surface area contributed by atoms with Gasteiger partial charge in [0.05, 0.1) is 6.61 Å². The summed E-state index contributed by atoms with van der Waals surface area (Å²) in [5, 5.41) is 12.3. The minimum Gasteiger partial charge on any atom is -0.396 e. The fourth-order valence-corrected chi connectivity index (χ4v) is 2.84. The standard InChI is InChI=1S/C14H23NOS/c1-4-15-14(10-17-6-5-16)13-8-11(2)7-12(3)9-13/h7-9,14-16H,4-6,10H2,1-3H3. The van der Waals surface area contributed by atoms with E-state index >= 15 is 0 Å². The highest BCUT2D eigenvalue weighted by molar-refractivity contribution is 7.99. The molecule has 3 heteroatoms. The number of nitrogens with one attached hydrogen (secondary N) is 1. The van der Waals surface area contributed by atoms with Crippen LogP contribution in [0.5, 0.6) is 0 Å². The molecule has 0 aromatic heterocycles. The molecule has 2 N–H and O–H groups in total. The van der Waals surface area contributed by atoms with Crippen molar-refractivity contribution in [3.8, 4) is 0 Å². The van der Waals surface area contributed by atoms with Gasteiger partial charge in [0.2, 0.25) is 0 Å². The predicted molar refractivity (Wildman–Crippen MR) is 76.7 cm³/mol. The van der Waals surface area contributed by atoms with Crippen molar-refractivity contribution in [2.45, 2.75) is 26.8 Å². The maximum absolute atomic E-state index is 8.83. The van der Waals surface area contributed by atoms with E-state index in [-0.39, 0.29) is 6.61 Å². The summed E-state index contributed by atoms with van der Waals surface area (Å²) in [6, 6.07) is 7.09. The van der Waals surface area contributed by atoms with Gasteiger partial charge in [0, 0.05) is 17.5 Å². The molecule has 0 heterocycles. The zero-order valence-electron chi connectivity index (χ0n) is 11.0. The zero-order valence-corrected chi connectivity index (χ0v) is 11.8. The van der Waals surface area contributed by atoms with E-state index in [0.29, 0.717) is 6.04 Å². The van der Waals surface area contributed by atoms with Crippen LogP contribution in [0.15, 0.2) is 18.2 Å². The number of benzene rings is 1. The van der Waals surface area contributed by atoms with E-state index < -0.39 is 0 Å². The maximum Gasteiger partial charge on any atom is 0.0521 e. The first kappa shape index (κ1) is 14.6. The van der Waals surface area contributed by atoms with Gasteiger partial charge in [-0.15, -0.1) is 0 Å². The second kappa shape index (κ2) is 7.75. The smallest absolute Gasteiger partial charge is 0.0521 e. The first-order valence-electron chi connectivity index (χ1n) is 6.17. The molecular formula is C14H23NOS. The second-order valence-corrected chi connectivity index (χ2v) is 5.48. The Hall–Kier alpha value is -0.510. The highest BCUT2D eigenvalue weighted by Gasteiger charge is 2.10. The fourth-order valence-electron chi connectivity index (χ4n) is 2.00. The van der Waals surface area contributed by atoms with Crippen LogP contribution in [0.2, 0.25) is 0 Å². The third-order valence-electron chi connectivity index (χ3n) is 2.62. The van der Waals surface area contributed by atoms with Crippen molar-refractivity contribution in [2.24, 2.45) is 0 Å². The summed E-state index contributed by atoms with van der Waals surface area (Å²) in [7, 11) is 0. The molecule has 0 amide bonds. The molecule has 96 valence electrons. The van der Waals surface area contributed by atoms with Crippen molar-refractivity contribution >= 4 is 11.8 Å². The minimum absolute atomic E-state index is 0.260. The maximum atomic E-state index is 8.83. The molecule has 1 atom stereocenters. The minimum atomic E-state index is 0.260. The lowest BCUT2D eigenvalue weighted by Crippen LogP contribution is -2.23. The third kappa shape index (κ3) is 5.11. The van der Waals surface area contributed by atoms with Crippen LogP contribution >= 0.6 is 11.8 Å². The Kier molecular flexibility index (Phi) is 6.63. The lowest BCUT2D eigenvalue weighted by Gasteiger charge is -2.19. The molecule has 0 radical (unpaired) electrons. The molecule has 0 aliphatic heterocycles. The first-order chi connectivity index (χ1) is 8.17. The molecule has 0 spiro atoms. The molecule has 17 heavy (non-hydrogen) atoms. The number of aryl methyl sites for hydroxylation is 2. The van der Waals surface area contributed by atoms with Gasteiger partial charge in [0.1, 0.15) is 0 Å². The largest absolute Gasteiger partial charge is 0.396 e. The first-order valence-corrected chi connectivity index (χ1v) is 7.33. The Morgan fingerprint density at radius 3 is 2.41 bits per heavy atom. The quantitative estimate of drug-likeness (QED) is 0.733. The molecule has 0 saturated heterocycles. The van der Waals surface area contributed by atoms with Crippen LogP contribution in [0.3, 0.4) is 0 Å². The third-order valence-corrected chi connectivity index (χ3v) is 3.66. The monoisotopic (exact) mass is 253 g/mol. The van der Waals surface area contributed by atoms with Crippen molar-refractivity contribution in [3.05, 3.63) is 34.9 Å². The average molecular weight is 253 g/mol. The van der Waals surface area contributed by atoms with Crippen molar-refractivity contribution in [1.82, 2.24) is 5.32 Å². The van der Waals surface area contributed by atoms with Crippen molar-refractivity contribution in [2.75, 3.05) is 24.7 Å². The topological polar surface area (TPSA) is 32.3 Å². The molecule has 2 nitrogen and oxygen atoms in total. The van der Waals surface area contributed by atoms with Crippen molar-refractivity contribution in [1.29, 1.82) is 0 Å². The molecule has 1 unspecified atom stereocenters. The van der Waals surface area contributed by atoms with Crippen LogP contribution in [0.25, 0.3) is 0 Å². The second-order valence-electron chi connectivity index (χ2n) is 4.33. The van der Waals surface area contributed by atoms with Gasteiger partial charge in [0.15, 0.2) is 0 Å². The summed E-state index contributed by atoms with van der Waals surface area (Å²) in [4.78, 5) is 0. The average Bonchev–Trinajstić information content (AvgIpc) is 2.27. The molecule has 1 aromatic rings. The van der Waals surface area contributed by atoms with Crippen molar-refractivity contribution < 1.29 is 5.11 Å². The highest BCUT2D eigenvalue weighted by atomic mass is 32.2. The van der Waals surface area contributed by atoms with Gasteiger partial charge < -0.3 is 10.4 Å². The molecule has 0 saturated carbocycles. The van der Waals surface area contributed by atoms with Gasteiger partial charge in [-0.2, -0.15) is 11.8 Å². The molecule has 0 fully saturated rings. The van der Waals surface area contributed by atoms with E-state index in [0.717, 1.165) is 18.1 Å². The van der Waals surface area contributed by atoms with Crippen LogP contribution in [0.4, 0.5) is 0 Å². The van der Waals surface area contributed by atoms with E-state index in [1.165, 1.54) is 16.7 Å². The van der Waals surface area contributed by atoms with Crippen LogP contribution in [-0.2, 0) is 0 Å². The Bertz CT molecular complexity index is 321. The Labute approximate surface area is 109 Å². The molecule has 0 bridgehead atoms. The van der Waals surface area contributed by atoms with Crippen LogP contribution in [0.1, 0.15) is 29.7 Å². The van der Waals surface area contributed by atoms with Gasteiger partial charge in [-0.1, -0.05) is 36.2 Å². The molecule has 0 aliphatic rings. The number of hydrogen-bond donors (Lipinski definition) is 2. The molecule has 0 aliphatic carbocycles. The van der Waals surface area contributed by atoms with Gasteiger partial charge in [-0.25, -0.2) is 0 Å². The Morgan fingerprint density at radius 2 is 1.88 bits per heavy atom. The lowest BCUT2D eigenvalue weighted by molar-refractivity contribution is 0.322. The van der Waals surface area contributed by atoms with E-state index in [1.54, 1.807) is 11.8 Å². The highest BCUT2D eigenvalue weighted by Crippen LogP contribution is 2.21. The van der Waals surface area contributed by atoms with E-state index in [2.05, 4.69) is 44.3 Å². The summed E-state index contributed by atoms with van der Waals surface area (Å²) in [5.41, 5.74) is 3.99. The summed E-state index contributed by atoms with van der Waals surface area (Å²) in [6.07, 6.45) is 0. The van der Waals surface area contributed by atoms with E-state index in [1.807, 2.05) is 0 Å². The Morgan fingerprint density at radius 1 is 1.24 bits per heavy atom. The van der Waals surface area contributed by atoms with E-state index in [4.69, 9.17) is 5.11 Å². The van der Waals surface area contributed by atoms with Crippen LogP contribution in [-0.4, -0.2) is 29.8 Å². The van der Waals surface area contributed by atoms with Gasteiger partial charge in [-0.05, 0) is 26.0 Å². The zero-order chi connectivity index (χ0) is 12.7. The van der Waals surface area contributed by atoms with Crippen LogP contribution in [0, 0.1) is 13.8 Å². The number of thioether (sulfide) groups is 1. The van der Waals surface area contributed by atoms with Gasteiger partial charge in [0.25, 0.3) is 0 Å². The summed E-state index contributed by atoms with van der Waals surface area (Å²) >= 11 is 1.80. The van der Waals surface area contributed by atoms with Gasteiger partial charge in [-0.3, -0.25) is 0 Å². The molecular weight excluding hydrogens is 230 g/mol. The number of rotatable bonds is 7. The fraction of sp³-hybridized carbons (Fsp3) is 0.571. The Balaban J connectivity index is 2.73. The predicted octanol–water partition coefficient (Wildman–Crippen LogP) is 2.68. The molecule has 1 rings (SSSR count). The summed E-state index contributed by atoms with van der Waals surface area (Å²) in [5.74, 6) is 1.82. The summed E-state index contributed by atoms with van der Waals surface area (Å²) < 4.78 is 0. The number of aliphatic hydroxyl groups is 1. The van der Waals surface area contributed by atoms with Crippen LogP contribution < -0.4 is 5.32 Å². The normalized spacial score (nSPS) is 12.7. The molecule has 1 aromatic carbocycles. The lowest BCUT2D eigenvalue weighted by atomic mass is 10.0. The SMILES string of the molecule is CCNC(CSCCO)c1cc(C)cc(C)c1. The number of hydrogen-bond acceptors (Lipinski definition) is 3. The number of aliphatic hydroxyl groups excluding tert-OH is 1.